The van der Waals surface area contributed by atoms with E-state index in [1.807, 2.05) is 6.07 Å². The first-order chi connectivity index (χ1) is 10.1. The lowest BCUT2D eigenvalue weighted by Crippen LogP contribution is -2.19. The number of amides is 1. The van der Waals surface area contributed by atoms with Crippen LogP contribution in [0, 0.1) is 17.1 Å². The Morgan fingerprint density at radius 3 is 2.81 bits per heavy atom. The summed E-state index contributed by atoms with van der Waals surface area (Å²) >= 11 is 3.36. The van der Waals surface area contributed by atoms with E-state index in [0.717, 1.165) is 0 Å². The van der Waals surface area contributed by atoms with E-state index < -0.39 is 11.9 Å². The molecule has 0 saturated carbocycles. The molecule has 0 spiro atoms. The van der Waals surface area contributed by atoms with Gasteiger partial charge in [0, 0.05) is 21.4 Å². The first-order valence-corrected chi connectivity index (χ1v) is 6.94. The average molecular weight is 346 g/mol. The van der Waals surface area contributed by atoms with E-state index in [1.165, 1.54) is 12.1 Å². The number of carbonyl (C=O) groups excluding carboxylic acids is 1. The van der Waals surface area contributed by atoms with Gasteiger partial charge in [-0.2, -0.15) is 5.26 Å². The van der Waals surface area contributed by atoms with Crippen molar-refractivity contribution in [1.82, 2.24) is 0 Å². The molecule has 1 heterocycles. The molecule has 2 aromatic carbocycles. The quantitative estimate of drug-likeness (QED) is 0.874. The van der Waals surface area contributed by atoms with E-state index in [1.54, 1.807) is 24.3 Å². The van der Waals surface area contributed by atoms with Crippen LogP contribution < -0.4 is 10.6 Å². The number of halogens is 2. The van der Waals surface area contributed by atoms with Gasteiger partial charge in [-0.3, -0.25) is 4.79 Å². The highest BCUT2D eigenvalue weighted by atomic mass is 79.9. The highest BCUT2D eigenvalue weighted by Gasteiger charge is 2.31. The monoisotopic (exact) mass is 345 g/mol. The van der Waals surface area contributed by atoms with Crippen LogP contribution in [-0.2, 0) is 4.79 Å². The van der Waals surface area contributed by atoms with Crippen LogP contribution in [0.5, 0.6) is 0 Å². The molecule has 6 heteroatoms. The van der Waals surface area contributed by atoms with Gasteiger partial charge in [0.25, 0.3) is 5.91 Å². The number of hydrogen-bond donors (Lipinski definition) is 2. The molecule has 1 amide bonds. The minimum Gasteiger partial charge on any atom is -0.369 e. The van der Waals surface area contributed by atoms with Gasteiger partial charge in [-0.05, 0) is 46.3 Å². The lowest BCUT2D eigenvalue weighted by Gasteiger charge is -2.14. The lowest BCUT2D eigenvalue weighted by atomic mass is 10.1. The highest BCUT2D eigenvalue weighted by molar-refractivity contribution is 9.10. The molecule has 0 bridgehead atoms. The van der Waals surface area contributed by atoms with Crippen LogP contribution in [0.1, 0.15) is 17.2 Å². The van der Waals surface area contributed by atoms with Crippen molar-refractivity contribution in [2.75, 3.05) is 10.6 Å². The van der Waals surface area contributed by atoms with Crippen LogP contribution in [-0.4, -0.2) is 5.91 Å². The zero-order valence-electron chi connectivity index (χ0n) is 10.7. The van der Waals surface area contributed by atoms with Gasteiger partial charge in [0.05, 0.1) is 11.6 Å². The van der Waals surface area contributed by atoms with Crippen molar-refractivity contribution in [3.05, 3.63) is 57.8 Å². The van der Waals surface area contributed by atoms with Gasteiger partial charge in [0.1, 0.15) is 11.9 Å². The van der Waals surface area contributed by atoms with Crippen LogP contribution in [0.3, 0.4) is 0 Å². The fourth-order valence-electron chi connectivity index (χ4n) is 2.24. The van der Waals surface area contributed by atoms with E-state index in [0.29, 0.717) is 27.0 Å². The summed E-state index contributed by atoms with van der Waals surface area (Å²) in [7, 11) is 0. The van der Waals surface area contributed by atoms with E-state index >= 15 is 0 Å². The number of benzene rings is 2. The zero-order chi connectivity index (χ0) is 15.0. The molecule has 104 valence electrons. The molecule has 0 aliphatic carbocycles. The van der Waals surface area contributed by atoms with Crippen molar-refractivity contribution in [3.8, 4) is 6.07 Å². The molecular weight excluding hydrogens is 337 g/mol. The fraction of sp³-hybridized carbons (Fsp3) is 0.0667. The molecule has 2 aromatic rings. The Morgan fingerprint density at radius 2 is 2.10 bits per heavy atom. The molecule has 3 rings (SSSR count). The van der Waals surface area contributed by atoms with Crippen LogP contribution in [0.15, 0.2) is 40.9 Å². The summed E-state index contributed by atoms with van der Waals surface area (Å²) < 4.78 is 13.9. The number of nitrogens with one attached hydrogen (secondary N) is 2. The van der Waals surface area contributed by atoms with Crippen molar-refractivity contribution in [2.24, 2.45) is 0 Å². The molecule has 21 heavy (non-hydrogen) atoms. The molecule has 4 nitrogen and oxygen atoms in total. The number of hydrogen-bond acceptors (Lipinski definition) is 3. The molecule has 0 radical (unpaired) electrons. The molecule has 1 aliphatic rings. The second-order valence-corrected chi connectivity index (χ2v) is 5.46. The van der Waals surface area contributed by atoms with Crippen molar-refractivity contribution >= 4 is 33.2 Å². The number of carbonyl (C=O) groups is 1. The standard InChI is InChI=1S/C15H9BrFN3O/c16-11-5-8(7-18)1-4-12(11)19-14-10-3-2-9(17)6-13(10)20-15(14)21/h1-6,14,19H,(H,20,21). The zero-order valence-corrected chi connectivity index (χ0v) is 12.2. The first-order valence-electron chi connectivity index (χ1n) is 6.15. The van der Waals surface area contributed by atoms with Gasteiger partial charge in [0.2, 0.25) is 0 Å². The third-order valence-electron chi connectivity index (χ3n) is 3.24. The Morgan fingerprint density at radius 1 is 1.29 bits per heavy atom. The highest BCUT2D eigenvalue weighted by Crippen LogP contribution is 2.35. The van der Waals surface area contributed by atoms with E-state index in [-0.39, 0.29) is 5.91 Å². The first kappa shape index (κ1) is 13.6. The normalized spacial score (nSPS) is 16.0. The Balaban J connectivity index is 1.93. The largest absolute Gasteiger partial charge is 0.369 e. The number of nitrogens with zero attached hydrogens (tertiary/aromatic N) is 1. The summed E-state index contributed by atoms with van der Waals surface area (Å²) in [5.74, 6) is -0.638. The van der Waals surface area contributed by atoms with Crippen molar-refractivity contribution < 1.29 is 9.18 Å². The number of nitriles is 1. The minimum atomic E-state index is -0.593. The van der Waals surface area contributed by atoms with Crippen molar-refractivity contribution in [2.45, 2.75) is 6.04 Å². The summed E-state index contributed by atoms with van der Waals surface area (Å²) in [6.45, 7) is 0. The number of anilines is 2. The molecule has 1 unspecified atom stereocenters. The second-order valence-electron chi connectivity index (χ2n) is 4.60. The van der Waals surface area contributed by atoms with Crippen LogP contribution in [0.2, 0.25) is 0 Å². The summed E-state index contributed by atoms with van der Waals surface area (Å²) in [5.41, 5.74) is 2.37. The second kappa shape index (κ2) is 5.19. The van der Waals surface area contributed by atoms with Crippen molar-refractivity contribution in [1.29, 1.82) is 5.26 Å². The maximum atomic E-state index is 13.2. The SMILES string of the molecule is N#Cc1ccc(NC2C(=O)Nc3cc(F)ccc32)c(Br)c1. The topological polar surface area (TPSA) is 64.9 Å². The van der Waals surface area contributed by atoms with Gasteiger partial charge >= 0.3 is 0 Å². The minimum absolute atomic E-state index is 0.244. The summed E-state index contributed by atoms with van der Waals surface area (Å²) in [4.78, 5) is 12.0. The Labute approximate surface area is 128 Å². The van der Waals surface area contributed by atoms with Gasteiger partial charge in [-0.15, -0.1) is 0 Å². The van der Waals surface area contributed by atoms with Gasteiger partial charge in [0.15, 0.2) is 0 Å². The fourth-order valence-corrected chi connectivity index (χ4v) is 2.73. The van der Waals surface area contributed by atoms with Gasteiger partial charge < -0.3 is 10.6 Å². The molecule has 2 N–H and O–H groups in total. The van der Waals surface area contributed by atoms with Crippen molar-refractivity contribution in [3.63, 3.8) is 0 Å². The summed E-state index contributed by atoms with van der Waals surface area (Å²) in [5, 5.41) is 14.6. The molecular formula is C15H9BrFN3O. The van der Waals surface area contributed by atoms with Crippen LogP contribution in [0.25, 0.3) is 0 Å². The molecule has 0 aromatic heterocycles. The number of rotatable bonds is 2. The molecule has 0 saturated heterocycles. The Bertz CT molecular complexity index is 785. The van der Waals surface area contributed by atoms with E-state index in [4.69, 9.17) is 5.26 Å². The maximum absolute atomic E-state index is 13.2. The number of fused-ring (bicyclic) bond motifs is 1. The lowest BCUT2D eigenvalue weighted by molar-refractivity contribution is -0.116. The smallest absolute Gasteiger partial charge is 0.251 e. The maximum Gasteiger partial charge on any atom is 0.251 e. The summed E-state index contributed by atoms with van der Waals surface area (Å²) in [6, 6.07) is 10.7. The average Bonchev–Trinajstić information content (AvgIpc) is 2.76. The Kier molecular flexibility index (Phi) is 3.35. The predicted molar refractivity (Wildman–Crippen MR) is 80.3 cm³/mol. The third kappa shape index (κ3) is 2.48. The van der Waals surface area contributed by atoms with E-state index in [9.17, 15) is 9.18 Å². The molecule has 1 aliphatic heterocycles. The molecule has 0 fully saturated rings. The summed E-state index contributed by atoms with van der Waals surface area (Å²) in [6.07, 6.45) is 0. The van der Waals surface area contributed by atoms with Gasteiger partial charge in [-0.1, -0.05) is 6.07 Å². The third-order valence-corrected chi connectivity index (χ3v) is 3.90. The van der Waals surface area contributed by atoms with Gasteiger partial charge in [-0.25, -0.2) is 4.39 Å². The van der Waals surface area contributed by atoms with Crippen LogP contribution in [0.4, 0.5) is 15.8 Å². The van der Waals surface area contributed by atoms with Crippen LogP contribution >= 0.6 is 15.9 Å². The Hall–Kier alpha value is -2.39. The van der Waals surface area contributed by atoms with E-state index in [2.05, 4.69) is 26.6 Å². The molecule has 1 atom stereocenters. The predicted octanol–water partition coefficient (Wildman–Crippen LogP) is 3.57.